The molecule has 0 amide bonds. The van der Waals surface area contributed by atoms with E-state index in [0.29, 0.717) is 18.5 Å². The second-order valence-electron chi connectivity index (χ2n) is 3.32. The highest BCUT2D eigenvalue weighted by Crippen LogP contribution is 2.52. The Balaban J connectivity index is 3.96. The normalized spacial score (nSPS) is 12.4. The lowest BCUT2D eigenvalue weighted by atomic mass is 10.1. The summed E-state index contributed by atoms with van der Waals surface area (Å²) in [5.41, 5.74) is 0.441. The van der Waals surface area contributed by atoms with E-state index in [1.165, 1.54) is 0 Å². The largest absolute Gasteiger partial charge is 0.332 e. The van der Waals surface area contributed by atoms with Crippen molar-refractivity contribution in [1.82, 2.24) is 0 Å². The molecule has 0 atom stereocenters. The molecule has 0 unspecified atom stereocenters. The summed E-state index contributed by atoms with van der Waals surface area (Å²) in [4.78, 5) is 18.0. The second-order valence-corrected chi connectivity index (χ2v) is 5.04. The predicted molar refractivity (Wildman–Crippen MR) is 54.3 cm³/mol. The predicted octanol–water partition coefficient (Wildman–Crippen LogP) is 3.08. The van der Waals surface area contributed by atoms with Crippen molar-refractivity contribution in [2.45, 2.75) is 52.4 Å². The molecule has 1 radical (unpaired) electrons. The first-order valence-corrected chi connectivity index (χ1v) is 6.54. The molecule has 2 N–H and O–H groups in total. The van der Waals surface area contributed by atoms with Crippen LogP contribution < -0.4 is 0 Å². The van der Waals surface area contributed by atoms with Crippen molar-refractivity contribution < 1.29 is 14.4 Å². The van der Waals surface area contributed by atoms with Crippen molar-refractivity contribution in [2.24, 2.45) is 0 Å². The highest BCUT2D eigenvalue weighted by molar-refractivity contribution is 7.55. The van der Waals surface area contributed by atoms with E-state index < -0.39 is 7.60 Å². The van der Waals surface area contributed by atoms with Gasteiger partial charge in [0.15, 0.2) is 0 Å². The van der Waals surface area contributed by atoms with Gasteiger partial charge < -0.3 is 9.79 Å². The molecule has 0 heterocycles. The lowest BCUT2D eigenvalue weighted by Gasteiger charge is -2.16. The standard InChI is InChI=1S/C9H20O3P/c1-3-5-7-9(8-6-4-2)13(10,11)12/h3-8H2,1-2H3,(H2,10,11,12). The van der Waals surface area contributed by atoms with E-state index in [0.717, 1.165) is 25.7 Å². The van der Waals surface area contributed by atoms with Crippen molar-refractivity contribution >= 4 is 7.60 Å². The number of hydrogen-bond donors (Lipinski definition) is 2. The molecule has 3 nitrogen and oxygen atoms in total. The van der Waals surface area contributed by atoms with Crippen LogP contribution in [0.5, 0.6) is 0 Å². The smallest absolute Gasteiger partial charge is 0.324 e. The van der Waals surface area contributed by atoms with Crippen LogP contribution in [0.4, 0.5) is 0 Å². The van der Waals surface area contributed by atoms with Gasteiger partial charge in [-0.25, -0.2) is 0 Å². The molecule has 0 aliphatic carbocycles. The Labute approximate surface area is 80.7 Å². The fourth-order valence-electron chi connectivity index (χ4n) is 1.18. The molecular weight excluding hydrogens is 187 g/mol. The van der Waals surface area contributed by atoms with Crippen LogP contribution >= 0.6 is 7.60 Å². The summed E-state index contributed by atoms with van der Waals surface area (Å²) in [6, 6.07) is 0. The van der Waals surface area contributed by atoms with Gasteiger partial charge in [0.1, 0.15) is 0 Å². The van der Waals surface area contributed by atoms with Crippen LogP contribution in [0.1, 0.15) is 52.4 Å². The molecule has 0 rings (SSSR count). The molecule has 79 valence electrons. The second kappa shape index (κ2) is 6.58. The molecule has 0 aromatic rings. The van der Waals surface area contributed by atoms with Gasteiger partial charge in [0.2, 0.25) is 0 Å². The molecule has 4 heteroatoms. The average Bonchev–Trinajstić information content (AvgIpc) is 2.02. The topological polar surface area (TPSA) is 57.5 Å². The van der Waals surface area contributed by atoms with Crippen molar-refractivity contribution in [3.8, 4) is 0 Å². The Kier molecular flexibility index (Phi) is 6.66. The van der Waals surface area contributed by atoms with E-state index in [9.17, 15) is 4.57 Å². The fraction of sp³-hybridized carbons (Fsp3) is 0.889. The highest BCUT2D eigenvalue weighted by Gasteiger charge is 2.27. The third-order valence-corrected chi connectivity index (χ3v) is 3.32. The van der Waals surface area contributed by atoms with Crippen LogP contribution in [0.3, 0.4) is 0 Å². The summed E-state index contributed by atoms with van der Waals surface area (Å²) in [6.07, 6.45) is 4.89. The highest BCUT2D eigenvalue weighted by atomic mass is 31.2. The lowest BCUT2D eigenvalue weighted by molar-refractivity contribution is 0.366. The lowest BCUT2D eigenvalue weighted by Crippen LogP contribution is -1.99. The molecule has 0 saturated carbocycles. The maximum Gasteiger partial charge on any atom is 0.332 e. The van der Waals surface area contributed by atoms with E-state index in [2.05, 4.69) is 0 Å². The van der Waals surface area contributed by atoms with E-state index >= 15 is 0 Å². The van der Waals surface area contributed by atoms with Gasteiger partial charge in [0, 0.05) is 0 Å². The maximum atomic E-state index is 11.0. The van der Waals surface area contributed by atoms with Gasteiger partial charge in [-0.2, -0.15) is 0 Å². The van der Waals surface area contributed by atoms with Crippen molar-refractivity contribution in [1.29, 1.82) is 0 Å². The van der Waals surface area contributed by atoms with Gasteiger partial charge in [-0.15, -0.1) is 0 Å². The average molecular weight is 207 g/mol. The molecule has 0 bridgehead atoms. The summed E-state index contributed by atoms with van der Waals surface area (Å²) in [7, 11) is -3.92. The molecule has 0 aromatic carbocycles. The number of rotatable bonds is 7. The molecule has 0 fully saturated rings. The Hall–Kier alpha value is 0.150. The zero-order valence-corrected chi connectivity index (χ0v) is 9.39. The molecule has 0 aromatic heterocycles. The summed E-state index contributed by atoms with van der Waals surface area (Å²) in [6.45, 7) is 4.05. The first kappa shape index (κ1) is 13.2. The van der Waals surface area contributed by atoms with Crippen LogP contribution in [0.15, 0.2) is 0 Å². The molecule has 0 spiro atoms. The molecule has 0 aliphatic heterocycles. The minimum Gasteiger partial charge on any atom is -0.324 e. The monoisotopic (exact) mass is 207 g/mol. The fourth-order valence-corrected chi connectivity index (χ4v) is 2.08. The van der Waals surface area contributed by atoms with Crippen LogP contribution in [0.25, 0.3) is 0 Å². The van der Waals surface area contributed by atoms with Crippen molar-refractivity contribution in [2.75, 3.05) is 0 Å². The first-order valence-electron chi connectivity index (χ1n) is 4.93. The number of unbranched alkanes of at least 4 members (excludes halogenated alkanes) is 2. The Morgan fingerprint density at radius 2 is 1.46 bits per heavy atom. The number of hydrogen-bond acceptors (Lipinski definition) is 1. The van der Waals surface area contributed by atoms with Gasteiger partial charge in [0.05, 0.1) is 5.66 Å². The maximum absolute atomic E-state index is 11.0. The first-order chi connectivity index (χ1) is 6.02. The van der Waals surface area contributed by atoms with E-state index in [1.54, 1.807) is 0 Å². The molecule has 0 saturated heterocycles. The SMILES string of the molecule is CCCC[C](CCCC)P(=O)(O)O. The Morgan fingerprint density at radius 1 is 1.08 bits per heavy atom. The summed E-state index contributed by atoms with van der Waals surface area (Å²) < 4.78 is 11.0. The third-order valence-electron chi connectivity index (χ3n) is 2.05. The zero-order valence-electron chi connectivity index (χ0n) is 8.49. The van der Waals surface area contributed by atoms with Crippen LogP contribution in [-0.2, 0) is 4.57 Å². The molecule has 0 aliphatic rings. The van der Waals surface area contributed by atoms with Gasteiger partial charge >= 0.3 is 7.60 Å². The van der Waals surface area contributed by atoms with Gasteiger partial charge in [-0.3, -0.25) is 4.57 Å². The summed E-state index contributed by atoms with van der Waals surface area (Å²) >= 11 is 0. The van der Waals surface area contributed by atoms with E-state index in [-0.39, 0.29) is 0 Å². The quantitative estimate of drug-likeness (QED) is 0.631. The van der Waals surface area contributed by atoms with Crippen LogP contribution in [0.2, 0.25) is 0 Å². The van der Waals surface area contributed by atoms with Gasteiger partial charge in [-0.05, 0) is 12.8 Å². The Morgan fingerprint density at radius 3 is 1.69 bits per heavy atom. The van der Waals surface area contributed by atoms with Gasteiger partial charge in [-0.1, -0.05) is 39.5 Å². The Bertz CT molecular complexity index is 156. The van der Waals surface area contributed by atoms with Crippen LogP contribution in [-0.4, -0.2) is 9.79 Å². The zero-order chi connectivity index (χ0) is 10.3. The van der Waals surface area contributed by atoms with E-state index in [4.69, 9.17) is 9.79 Å². The van der Waals surface area contributed by atoms with Gasteiger partial charge in [0.25, 0.3) is 0 Å². The van der Waals surface area contributed by atoms with Crippen LogP contribution in [0, 0.1) is 5.66 Å². The van der Waals surface area contributed by atoms with Crippen molar-refractivity contribution in [3.05, 3.63) is 5.66 Å². The van der Waals surface area contributed by atoms with Crippen molar-refractivity contribution in [3.63, 3.8) is 0 Å². The summed E-state index contributed by atoms with van der Waals surface area (Å²) in [5.74, 6) is 0. The van der Waals surface area contributed by atoms with E-state index in [1.807, 2.05) is 13.8 Å². The molecule has 13 heavy (non-hydrogen) atoms. The third kappa shape index (κ3) is 6.25. The molecular formula is C9H20O3P. The minimum atomic E-state index is -3.92. The summed E-state index contributed by atoms with van der Waals surface area (Å²) in [5, 5.41) is 0. The minimum absolute atomic E-state index is 0.441.